The molecule has 1 aliphatic rings. The summed E-state index contributed by atoms with van der Waals surface area (Å²) in [5.74, 6) is 0.523. The van der Waals surface area contributed by atoms with Crippen LogP contribution in [0.25, 0.3) is 0 Å². The fourth-order valence-electron chi connectivity index (χ4n) is 2.34. The van der Waals surface area contributed by atoms with E-state index < -0.39 is 10.0 Å². The van der Waals surface area contributed by atoms with Gasteiger partial charge >= 0.3 is 0 Å². The third kappa shape index (κ3) is 4.94. The van der Waals surface area contributed by atoms with E-state index in [9.17, 15) is 8.42 Å². The normalized spacial score (nSPS) is 23.9. The number of hydrogen-bond acceptors (Lipinski definition) is 3. The van der Waals surface area contributed by atoms with Gasteiger partial charge in [0.1, 0.15) is 0 Å². The zero-order valence-corrected chi connectivity index (χ0v) is 12.0. The Balaban J connectivity index is 2.65. The molecular weight excluding hydrogens is 238 g/mol. The zero-order valence-electron chi connectivity index (χ0n) is 11.1. The van der Waals surface area contributed by atoms with E-state index in [2.05, 4.69) is 0 Å². The van der Waals surface area contributed by atoms with Gasteiger partial charge in [-0.15, -0.1) is 0 Å². The first kappa shape index (κ1) is 14.9. The fraction of sp³-hybridized carbons (Fsp3) is 1.00. The van der Waals surface area contributed by atoms with Crippen molar-refractivity contribution < 1.29 is 13.5 Å². The van der Waals surface area contributed by atoms with Crippen LogP contribution in [0.5, 0.6) is 0 Å². The molecule has 102 valence electrons. The first-order valence-electron chi connectivity index (χ1n) is 6.33. The molecule has 17 heavy (non-hydrogen) atoms. The molecule has 1 unspecified atom stereocenters. The van der Waals surface area contributed by atoms with E-state index in [1.165, 1.54) is 0 Å². The monoisotopic (exact) mass is 263 g/mol. The Morgan fingerprint density at radius 2 is 2.00 bits per heavy atom. The second kappa shape index (κ2) is 5.67. The Kier molecular flexibility index (Phi) is 4.98. The minimum absolute atomic E-state index is 0.151. The smallest absolute Gasteiger partial charge is 0.214 e. The third-order valence-corrected chi connectivity index (χ3v) is 5.38. The van der Waals surface area contributed by atoms with Crippen LogP contribution in [-0.4, -0.2) is 43.3 Å². The maximum atomic E-state index is 12.2. The molecule has 0 bridgehead atoms. The SMILES string of the molecule is CC(C)(C)CS(=O)(=O)N1CCCC(CCO)C1. The second-order valence-corrected chi connectivity index (χ2v) is 8.16. The Labute approximate surface area is 105 Å². The van der Waals surface area contributed by atoms with Gasteiger partial charge in [-0.1, -0.05) is 20.8 Å². The van der Waals surface area contributed by atoms with Gasteiger partial charge in [0.25, 0.3) is 0 Å². The van der Waals surface area contributed by atoms with Crippen molar-refractivity contribution in [2.24, 2.45) is 11.3 Å². The summed E-state index contributed by atoms with van der Waals surface area (Å²) in [5, 5.41) is 8.93. The molecule has 5 heteroatoms. The van der Waals surface area contributed by atoms with Gasteiger partial charge in [-0.25, -0.2) is 12.7 Å². The molecule has 0 aliphatic carbocycles. The summed E-state index contributed by atoms with van der Waals surface area (Å²) in [6, 6.07) is 0. The van der Waals surface area contributed by atoms with Gasteiger partial charge in [0, 0.05) is 19.7 Å². The first-order chi connectivity index (χ1) is 7.74. The number of piperidine rings is 1. The average Bonchev–Trinajstić information content (AvgIpc) is 2.15. The van der Waals surface area contributed by atoms with Crippen molar-refractivity contribution in [2.45, 2.75) is 40.0 Å². The van der Waals surface area contributed by atoms with Gasteiger partial charge in [-0.05, 0) is 30.6 Å². The molecule has 1 atom stereocenters. The molecule has 0 radical (unpaired) electrons. The summed E-state index contributed by atoms with van der Waals surface area (Å²) in [5.41, 5.74) is -0.206. The summed E-state index contributed by atoms with van der Waals surface area (Å²) in [6.07, 6.45) is 2.65. The summed E-state index contributed by atoms with van der Waals surface area (Å²) in [7, 11) is -3.14. The summed E-state index contributed by atoms with van der Waals surface area (Å²) < 4.78 is 26.0. The lowest BCUT2D eigenvalue weighted by molar-refractivity contribution is 0.202. The van der Waals surface area contributed by atoms with Crippen LogP contribution in [0.2, 0.25) is 0 Å². The topological polar surface area (TPSA) is 57.6 Å². The molecule has 1 rings (SSSR count). The molecular formula is C12H25NO3S. The maximum Gasteiger partial charge on any atom is 0.214 e. The van der Waals surface area contributed by atoms with Crippen LogP contribution < -0.4 is 0 Å². The summed E-state index contributed by atoms with van der Waals surface area (Å²) >= 11 is 0. The number of aliphatic hydroxyl groups is 1. The minimum Gasteiger partial charge on any atom is -0.396 e. The van der Waals surface area contributed by atoms with Gasteiger partial charge in [0.05, 0.1) is 5.75 Å². The van der Waals surface area contributed by atoms with E-state index >= 15 is 0 Å². The predicted octanol–water partition coefficient (Wildman–Crippen LogP) is 1.46. The molecule has 0 aromatic heterocycles. The molecule has 0 amide bonds. The highest BCUT2D eigenvalue weighted by molar-refractivity contribution is 7.89. The van der Waals surface area contributed by atoms with Crippen LogP contribution in [0.1, 0.15) is 40.0 Å². The number of sulfonamides is 1. The third-order valence-electron chi connectivity index (χ3n) is 3.03. The lowest BCUT2D eigenvalue weighted by Crippen LogP contribution is -2.43. The van der Waals surface area contributed by atoms with E-state index in [0.717, 1.165) is 12.8 Å². The number of rotatable bonds is 4. The molecule has 0 aromatic carbocycles. The van der Waals surface area contributed by atoms with Gasteiger partial charge in [0.2, 0.25) is 10.0 Å². The van der Waals surface area contributed by atoms with Crippen molar-refractivity contribution in [3.8, 4) is 0 Å². The molecule has 1 heterocycles. The lowest BCUT2D eigenvalue weighted by atomic mass is 9.97. The summed E-state index contributed by atoms with van der Waals surface area (Å²) in [6.45, 7) is 7.20. The van der Waals surface area contributed by atoms with Crippen molar-refractivity contribution in [2.75, 3.05) is 25.4 Å². The van der Waals surface area contributed by atoms with Crippen LogP contribution in [0.4, 0.5) is 0 Å². The van der Waals surface area contributed by atoms with Crippen LogP contribution in [0, 0.1) is 11.3 Å². The van der Waals surface area contributed by atoms with E-state index in [0.29, 0.717) is 25.4 Å². The molecule has 0 saturated carbocycles. The molecule has 1 aliphatic heterocycles. The number of hydrogen-bond donors (Lipinski definition) is 1. The zero-order chi connectivity index (χ0) is 13.1. The van der Waals surface area contributed by atoms with Crippen LogP contribution >= 0.6 is 0 Å². The molecule has 4 nitrogen and oxygen atoms in total. The largest absolute Gasteiger partial charge is 0.396 e. The van der Waals surface area contributed by atoms with Crippen LogP contribution in [0.15, 0.2) is 0 Å². The Morgan fingerprint density at radius 1 is 1.35 bits per heavy atom. The van der Waals surface area contributed by atoms with E-state index in [1.54, 1.807) is 4.31 Å². The van der Waals surface area contributed by atoms with Gasteiger partial charge < -0.3 is 5.11 Å². The van der Waals surface area contributed by atoms with Crippen molar-refractivity contribution in [1.82, 2.24) is 4.31 Å². The first-order valence-corrected chi connectivity index (χ1v) is 7.94. The van der Waals surface area contributed by atoms with Gasteiger partial charge in [0.15, 0.2) is 0 Å². The molecule has 1 saturated heterocycles. The van der Waals surface area contributed by atoms with Crippen molar-refractivity contribution in [3.05, 3.63) is 0 Å². The molecule has 1 N–H and O–H groups in total. The quantitative estimate of drug-likeness (QED) is 0.835. The van der Waals surface area contributed by atoms with Crippen molar-refractivity contribution in [3.63, 3.8) is 0 Å². The Bertz CT molecular complexity index is 330. The standard InChI is InChI=1S/C12H25NO3S/c1-12(2,3)10-17(15,16)13-7-4-5-11(9-13)6-8-14/h11,14H,4-10H2,1-3H3. The highest BCUT2D eigenvalue weighted by Gasteiger charge is 2.31. The van der Waals surface area contributed by atoms with Gasteiger partial charge in [-0.3, -0.25) is 0 Å². The lowest BCUT2D eigenvalue weighted by Gasteiger charge is -2.33. The summed E-state index contributed by atoms with van der Waals surface area (Å²) in [4.78, 5) is 0. The van der Waals surface area contributed by atoms with E-state index in [1.807, 2.05) is 20.8 Å². The van der Waals surface area contributed by atoms with Crippen molar-refractivity contribution >= 4 is 10.0 Å². The fourth-order valence-corrected chi connectivity index (χ4v) is 4.46. The predicted molar refractivity (Wildman–Crippen MR) is 69.2 cm³/mol. The molecule has 0 aromatic rings. The number of nitrogens with zero attached hydrogens (tertiary/aromatic N) is 1. The Hall–Kier alpha value is -0.130. The van der Waals surface area contributed by atoms with E-state index in [-0.39, 0.29) is 17.8 Å². The highest BCUT2D eigenvalue weighted by atomic mass is 32.2. The average molecular weight is 263 g/mol. The second-order valence-electron chi connectivity index (χ2n) is 6.20. The van der Waals surface area contributed by atoms with Crippen LogP contribution in [0.3, 0.4) is 0 Å². The maximum absolute atomic E-state index is 12.2. The van der Waals surface area contributed by atoms with Crippen molar-refractivity contribution in [1.29, 1.82) is 0 Å². The van der Waals surface area contributed by atoms with E-state index in [4.69, 9.17) is 5.11 Å². The number of aliphatic hydroxyl groups excluding tert-OH is 1. The molecule has 0 spiro atoms. The van der Waals surface area contributed by atoms with Crippen LogP contribution in [-0.2, 0) is 10.0 Å². The highest BCUT2D eigenvalue weighted by Crippen LogP contribution is 2.25. The molecule has 1 fully saturated rings. The Morgan fingerprint density at radius 3 is 2.53 bits per heavy atom. The van der Waals surface area contributed by atoms with Gasteiger partial charge in [-0.2, -0.15) is 0 Å². The minimum atomic E-state index is -3.14.